The first-order valence-corrected chi connectivity index (χ1v) is 6.35. The van der Waals surface area contributed by atoms with Crippen molar-refractivity contribution in [2.75, 3.05) is 5.73 Å². The van der Waals surface area contributed by atoms with Gasteiger partial charge in [-0.3, -0.25) is 0 Å². The molecule has 18 heavy (non-hydrogen) atoms. The van der Waals surface area contributed by atoms with Crippen molar-refractivity contribution in [3.63, 3.8) is 0 Å². The highest BCUT2D eigenvalue weighted by Gasteiger charge is 2.05. The van der Waals surface area contributed by atoms with E-state index in [1.165, 1.54) is 12.1 Å². The quantitative estimate of drug-likeness (QED) is 0.846. The van der Waals surface area contributed by atoms with Gasteiger partial charge in [0, 0.05) is 16.3 Å². The average molecular weight is 331 g/mol. The molecular formula is C13H10BrClFNO. The van der Waals surface area contributed by atoms with Crippen molar-refractivity contribution >= 4 is 33.2 Å². The van der Waals surface area contributed by atoms with Gasteiger partial charge in [-0.05, 0) is 46.3 Å². The van der Waals surface area contributed by atoms with Crippen molar-refractivity contribution in [1.29, 1.82) is 0 Å². The lowest BCUT2D eigenvalue weighted by Crippen LogP contribution is -1.98. The minimum atomic E-state index is -0.320. The fourth-order valence-electron chi connectivity index (χ4n) is 1.43. The minimum absolute atomic E-state index is 0.295. The van der Waals surface area contributed by atoms with Crippen LogP contribution in [-0.2, 0) is 6.61 Å². The molecule has 0 atom stereocenters. The average Bonchev–Trinajstić information content (AvgIpc) is 2.30. The number of nitrogen functional groups attached to an aromatic ring is 1. The van der Waals surface area contributed by atoms with E-state index in [2.05, 4.69) is 15.9 Å². The van der Waals surface area contributed by atoms with Crippen LogP contribution in [0.3, 0.4) is 0 Å². The van der Waals surface area contributed by atoms with Gasteiger partial charge >= 0.3 is 0 Å². The molecule has 0 saturated heterocycles. The Kier molecular flexibility index (Phi) is 4.09. The number of ether oxygens (including phenoxy) is 1. The summed E-state index contributed by atoms with van der Waals surface area (Å²) in [7, 11) is 0. The van der Waals surface area contributed by atoms with Crippen LogP contribution in [0.15, 0.2) is 40.9 Å². The number of halogens is 3. The lowest BCUT2D eigenvalue weighted by atomic mass is 10.2. The summed E-state index contributed by atoms with van der Waals surface area (Å²) in [5.74, 6) is 0.240. The van der Waals surface area contributed by atoms with E-state index in [0.717, 1.165) is 5.56 Å². The zero-order valence-corrected chi connectivity index (χ0v) is 11.6. The maximum Gasteiger partial charge on any atom is 0.134 e. The lowest BCUT2D eigenvalue weighted by Gasteiger charge is -2.09. The van der Waals surface area contributed by atoms with Gasteiger partial charge in [-0.1, -0.05) is 17.7 Å². The van der Waals surface area contributed by atoms with Gasteiger partial charge in [0.05, 0.1) is 4.47 Å². The van der Waals surface area contributed by atoms with Crippen molar-refractivity contribution in [3.05, 3.63) is 57.3 Å². The molecule has 2 N–H and O–H groups in total. The van der Waals surface area contributed by atoms with E-state index in [1.807, 2.05) is 0 Å². The zero-order valence-electron chi connectivity index (χ0n) is 9.29. The molecule has 0 aliphatic rings. The van der Waals surface area contributed by atoms with Crippen LogP contribution in [0.2, 0.25) is 5.02 Å². The third-order valence-corrected chi connectivity index (χ3v) is 3.33. The summed E-state index contributed by atoms with van der Waals surface area (Å²) in [5, 5.41) is 0.549. The molecule has 0 aliphatic heterocycles. The second-order valence-corrected chi connectivity index (χ2v) is 4.98. The normalized spacial score (nSPS) is 10.4. The number of anilines is 1. The van der Waals surface area contributed by atoms with Gasteiger partial charge in [-0.25, -0.2) is 4.39 Å². The van der Waals surface area contributed by atoms with Gasteiger partial charge in [0.15, 0.2) is 0 Å². The topological polar surface area (TPSA) is 35.2 Å². The second-order valence-electron chi connectivity index (χ2n) is 3.71. The fraction of sp³-hybridized carbons (Fsp3) is 0.0769. The molecule has 0 fully saturated rings. The molecule has 0 bridgehead atoms. The van der Waals surface area contributed by atoms with Crippen LogP contribution in [0.1, 0.15) is 5.56 Å². The number of rotatable bonds is 3. The molecule has 0 aliphatic carbocycles. The summed E-state index contributed by atoms with van der Waals surface area (Å²) in [6, 6.07) is 9.47. The van der Waals surface area contributed by atoms with Crippen LogP contribution in [-0.4, -0.2) is 0 Å². The molecule has 5 heteroatoms. The predicted octanol–water partition coefficient (Wildman–Crippen LogP) is 4.40. The highest BCUT2D eigenvalue weighted by molar-refractivity contribution is 9.10. The lowest BCUT2D eigenvalue weighted by molar-refractivity contribution is 0.304. The van der Waals surface area contributed by atoms with Crippen molar-refractivity contribution in [1.82, 2.24) is 0 Å². The zero-order chi connectivity index (χ0) is 13.1. The number of nitrogens with two attached hydrogens (primary N) is 1. The third-order valence-electron chi connectivity index (χ3n) is 2.35. The van der Waals surface area contributed by atoms with Crippen molar-refractivity contribution in [3.8, 4) is 5.75 Å². The smallest absolute Gasteiger partial charge is 0.134 e. The van der Waals surface area contributed by atoms with Gasteiger partial charge in [-0.2, -0.15) is 0 Å². The van der Waals surface area contributed by atoms with E-state index in [0.29, 0.717) is 27.5 Å². The Morgan fingerprint density at radius 2 is 2.00 bits per heavy atom. The van der Waals surface area contributed by atoms with Crippen LogP contribution < -0.4 is 10.5 Å². The number of benzene rings is 2. The van der Waals surface area contributed by atoms with Crippen LogP contribution in [0.4, 0.5) is 10.1 Å². The maximum absolute atomic E-state index is 12.9. The molecule has 0 heterocycles. The highest BCUT2D eigenvalue weighted by atomic mass is 79.9. The van der Waals surface area contributed by atoms with E-state index in [4.69, 9.17) is 22.1 Å². The molecular weight excluding hydrogens is 321 g/mol. The molecule has 0 aromatic heterocycles. The Balaban J connectivity index is 2.11. The van der Waals surface area contributed by atoms with Gasteiger partial charge < -0.3 is 10.5 Å². The summed E-state index contributed by atoms with van der Waals surface area (Å²) >= 11 is 9.26. The van der Waals surface area contributed by atoms with E-state index < -0.39 is 0 Å². The molecule has 0 spiro atoms. The predicted molar refractivity (Wildman–Crippen MR) is 74.3 cm³/mol. The van der Waals surface area contributed by atoms with Gasteiger partial charge in [-0.15, -0.1) is 0 Å². The first kappa shape index (κ1) is 13.2. The van der Waals surface area contributed by atoms with E-state index >= 15 is 0 Å². The SMILES string of the molecule is Nc1ccc(COc2ccc(F)cc2Br)c(Cl)c1. The summed E-state index contributed by atoms with van der Waals surface area (Å²) < 4.78 is 19.0. The summed E-state index contributed by atoms with van der Waals surface area (Å²) in [6.45, 7) is 0.295. The minimum Gasteiger partial charge on any atom is -0.488 e. The second kappa shape index (κ2) is 5.59. The van der Waals surface area contributed by atoms with Crippen molar-refractivity contribution in [2.24, 2.45) is 0 Å². The molecule has 2 rings (SSSR count). The maximum atomic E-state index is 12.9. The summed E-state index contributed by atoms with van der Waals surface area (Å²) in [4.78, 5) is 0. The van der Waals surface area contributed by atoms with Crippen molar-refractivity contribution < 1.29 is 9.13 Å². The molecule has 0 unspecified atom stereocenters. The first-order valence-electron chi connectivity index (χ1n) is 5.18. The highest BCUT2D eigenvalue weighted by Crippen LogP contribution is 2.27. The van der Waals surface area contributed by atoms with E-state index in [-0.39, 0.29) is 5.82 Å². The monoisotopic (exact) mass is 329 g/mol. The Labute approximate surface area is 118 Å². The number of hydrogen-bond acceptors (Lipinski definition) is 2. The molecule has 2 aromatic carbocycles. The molecule has 0 amide bonds. The Morgan fingerprint density at radius 3 is 2.67 bits per heavy atom. The Bertz CT molecular complexity index is 525. The largest absolute Gasteiger partial charge is 0.488 e. The van der Waals surface area contributed by atoms with E-state index in [1.54, 1.807) is 24.3 Å². The Hall–Kier alpha value is -1.26. The van der Waals surface area contributed by atoms with Crippen LogP contribution in [0.25, 0.3) is 0 Å². The molecule has 94 valence electrons. The number of hydrogen-bond donors (Lipinski definition) is 1. The van der Waals surface area contributed by atoms with Crippen LogP contribution in [0, 0.1) is 5.82 Å². The first-order chi connectivity index (χ1) is 8.56. The van der Waals surface area contributed by atoms with Crippen LogP contribution in [0.5, 0.6) is 5.75 Å². The van der Waals surface area contributed by atoms with Gasteiger partial charge in [0.25, 0.3) is 0 Å². The van der Waals surface area contributed by atoms with Gasteiger partial charge in [0.1, 0.15) is 18.2 Å². The molecule has 2 aromatic rings. The summed E-state index contributed by atoms with van der Waals surface area (Å²) in [5.41, 5.74) is 7.03. The fourth-order valence-corrected chi connectivity index (χ4v) is 2.14. The molecule has 0 saturated carbocycles. The van der Waals surface area contributed by atoms with Crippen molar-refractivity contribution in [2.45, 2.75) is 6.61 Å². The molecule has 0 radical (unpaired) electrons. The Morgan fingerprint density at radius 1 is 1.22 bits per heavy atom. The summed E-state index contributed by atoms with van der Waals surface area (Å²) in [6.07, 6.45) is 0. The standard InChI is InChI=1S/C13H10BrClFNO/c14-11-5-9(16)2-4-13(11)18-7-8-1-3-10(17)6-12(8)15/h1-6H,7,17H2. The van der Waals surface area contributed by atoms with Gasteiger partial charge in [0.2, 0.25) is 0 Å². The molecule has 2 nitrogen and oxygen atoms in total. The van der Waals surface area contributed by atoms with Crippen LogP contribution >= 0.6 is 27.5 Å². The third kappa shape index (κ3) is 3.15. The van der Waals surface area contributed by atoms with E-state index in [9.17, 15) is 4.39 Å².